The van der Waals surface area contributed by atoms with Crippen molar-refractivity contribution in [2.24, 2.45) is 50.2 Å². The third kappa shape index (κ3) is 6.25. The summed E-state index contributed by atoms with van der Waals surface area (Å²) in [5.74, 6) is -4.47. The molecular weight excluding hydrogens is 760 g/mol. The lowest BCUT2D eigenvalue weighted by atomic mass is 9.33. The molecule has 0 aromatic heterocycles. The zero-order valence-electron chi connectivity index (χ0n) is 34.4. The number of hydrogen-bond donors (Lipinski definition) is 8. The summed E-state index contributed by atoms with van der Waals surface area (Å²) in [5.41, 5.74) is -1.81. The van der Waals surface area contributed by atoms with E-state index in [1.807, 2.05) is 26.8 Å². The van der Waals surface area contributed by atoms with Crippen LogP contribution in [0, 0.1) is 50.2 Å². The van der Waals surface area contributed by atoms with Crippen LogP contribution in [0.1, 0.15) is 106 Å². The molecule has 0 spiro atoms. The molecule has 7 rings (SSSR count). The van der Waals surface area contributed by atoms with Crippen LogP contribution in [-0.2, 0) is 38.1 Å². The lowest BCUT2D eigenvalue weighted by molar-refractivity contribution is -0.371. The Bertz CT molecular complexity index is 1730. The second-order valence-corrected chi connectivity index (χ2v) is 20.6. The summed E-state index contributed by atoms with van der Waals surface area (Å²) >= 11 is 0. The van der Waals surface area contributed by atoms with Crippen molar-refractivity contribution < 1.29 is 79.0 Å². The Hall–Kier alpha value is -2.54. The van der Waals surface area contributed by atoms with E-state index in [-0.39, 0.29) is 34.4 Å². The fourth-order valence-electron chi connectivity index (χ4n) is 13.4. The van der Waals surface area contributed by atoms with Gasteiger partial charge in [-0.1, -0.05) is 47.1 Å². The van der Waals surface area contributed by atoms with E-state index < -0.39 is 107 Å². The number of aliphatic carboxylic acids is 3. The molecule has 0 radical (unpaired) electrons. The Morgan fingerprint density at radius 1 is 0.690 bits per heavy atom. The SMILES string of the molecule is CC12CC[C@](C)(C(=O)O)C[C@H]1C1=CC(=O)[C@@H]3[C@@]4(C)CC[C@H](O[C@H]5O[C@H](C(=O)O)[C@@H](O)[C@H](O)[C@H]5O[C@@H]5O[C@H](C(=O)O)[C@@H](O)[C@H](O)[C@H]5O)C(C)(C)[C@@H]4CC[C@@]3(C)[C@@]1(C)CC2. The van der Waals surface area contributed by atoms with Gasteiger partial charge in [0.05, 0.1) is 11.5 Å². The van der Waals surface area contributed by atoms with Crippen LogP contribution in [0.15, 0.2) is 11.6 Å². The zero-order valence-corrected chi connectivity index (χ0v) is 34.4. The smallest absolute Gasteiger partial charge is 0.335 e. The molecule has 0 bridgehead atoms. The summed E-state index contributed by atoms with van der Waals surface area (Å²) in [7, 11) is 0. The maximum atomic E-state index is 14.8. The van der Waals surface area contributed by atoms with Gasteiger partial charge in [-0.15, -0.1) is 0 Å². The van der Waals surface area contributed by atoms with E-state index in [2.05, 4.69) is 27.7 Å². The Morgan fingerprint density at radius 3 is 1.88 bits per heavy atom. The largest absolute Gasteiger partial charge is 0.481 e. The van der Waals surface area contributed by atoms with Gasteiger partial charge in [0.1, 0.15) is 36.6 Å². The number of aliphatic hydroxyl groups excluding tert-OH is 5. The number of fused-ring (bicyclic) bond motifs is 7. The highest BCUT2D eigenvalue weighted by Gasteiger charge is 2.71. The third-order valence-corrected chi connectivity index (χ3v) is 17.2. The molecule has 0 aromatic carbocycles. The summed E-state index contributed by atoms with van der Waals surface area (Å²) in [5, 5.41) is 83.0. The minimum absolute atomic E-state index is 0.0217. The molecule has 0 amide bonds. The zero-order chi connectivity index (χ0) is 42.9. The molecule has 2 aliphatic heterocycles. The van der Waals surface area contributed by atoms with Gasteiger partial charge in [0.2, 0.25) is 0 Å². The van der Waals surface area contributed by atoms with Crippen molar-refractivity contribution in [3.63, 3.8) is 0 Å². The predicted octanol–water partition coefficient (Wildman–Crippen LogP) is 2.25. The van der Waals surface area contributed by atoms with Crippen molar-refractivity contribution in [3.8, 4) is 0 Å². The summed E-state index contributed by atoms with van der Waals surface area (Å²) in [6, 6.07) is 0. The number of aliphatic hydroxyl groups is 5. The van der Waals surface area contributed by atoms with Crippen LogP contribution in [-0.4, -0.2) is 132 Å². The summed E-state index contributed by atoms with van der Waals surface area (Å²) in [6.45, 7) is 14.8. The molecule has 2 heterocycles. The van der Waals surface area contributed by atoms with Crippen molar-refractivity contribution in [3.05, 3.63) is 11.6 Å². The second kappa shape index (κ2) is 14.3. The molecule has 326 valence electrons. The molecule has 8 N–H and O–H groups in total. The topological polar surface area (TPSA) is 267 Å². The van der Waals surface area contributed by atoms with Gasteiger partial charge in [0, 0.05) is 5.92 Å². The Morgan fingerprint density at radius 2 is 1.28 bits per heavy atom. The predicted molar refractivity (Wildman–Crippen MR) is 199 cm³/mol. The fourth-order valence-corrected chi connectivity index (χ4v) is 13.4. The van der Waals surface area contributed by atoms with Crippen LogP contribution in [0.25, 0.3) is 0 Å². The van der Waals surface area contributed by atoms with Gasteiger partial charge in [-0.25, -0.2) is 9.59 Å². The number of rotatable bonds is 7. The number of ketones is 1. The minimum atomic E-state index is -2.05. The number of carboxylic acid groups (broad SMARTS) is 3. The number of hydrogen-bond acceptors (Lipinski definition) is 13. The Balaban J connectivity index is 1.17. The van der Waals surface area contributed by atoms with Crippen molar-refractivity contribution in [2.75, 3.05) is 0 Å². The molecule has 19 atom stereocenters. The van der Waals surface area contributed by atoms with Gasteiger partial charge < -0.3 is 59.8 Å². The number of carbonyl (C=O) groups is 4. The first-order valence-corrected chi connectivity index (χ1v) is 20.7. The van der Waals surface area contributed by atoms with Crippen LogP contribution in [0.4, 0.5) is 0 Å². The first kappa shape index (κ1) is 43.5. The van der Waals surface area contributed by atoms with Crippen molar-refractivity contribution in [1.29, 1.82) is 0 Å². The lowest BCUT2D eigenvalue weighted by Gasteiger charge is -2.70. The lowest BCUT2D eigenvalue weighted by Crippen LogP contribution is -2.68. The van der Waals surface area contributed by atoms with Gasteiger partial charge in [-0.05, 0) is 110 Å². The number of allylic oxidation sites excluding steroid dienone is 2. The van der Waals surface area contributed by atoms with Crippen molar-refractivity contribution in [2.45, 2.75) is 174 Å². The van der Waals surface area contributed by atoms with Crippen molar-refractivity contribution >= 4 is 23.7 Å². The van der Waals surface area contributed by atoms with Gasteiger partial charge in [0.25, 0.3) is 0 Å². The average molecular weight is 823 g/mol. The van der Waals surface area contributed by atoms with Crippen LogP contribution in [0.3, 0.4) is 0 Å². The molecule has 2 saturated heterocycles. The molecule has 6 fully saturated rings. The van der Waals surface area contributed by atoms with E-state index in [1.54, 1.807) is 0 Å². The Labute approximate surface area is 337 Å². The number of ether oxygens (including phenoxy) is 4. The molecule has 1 unspecified atom stereocenters. The highest BCUT2D eigenvalue weighted by Crippen LogP contribution is 2.75. The van der Waals surface area contributed by atoms with Crippen molar-refractivity contribution in [1.82, 2.24) is 0 Å². The quantitative estimate of drug-likeness (QED) is 0.171. The third-order valence-electron chi connectivity index (χ3n) is 17.2. The second-order valence-electron chi connectivity index (χ2n) is 20.6. The Kier molecular flexibility index (Phi) is 10.7. The average Bonchev–Trinajstić information content (AvgIpc) is 3.13. The molecule has 7 aliphatic rings. The highest BCUT2D eigenvalue weighted by molar-refractivity contribution is 5.95. The van der Waals surface area contributed by atoms with Gasteiger partial charge >= 0.3 is 17.9 Å². The number of carboxylic acids is 3. The van der Waals surface area contributed by atoms with Gasteiger partial charge in [-0.2, -0.15) is 0 Å². The van der Waals surface area contributed by atoms with Crippen LogP contribution in [0.5, 0.6) is 0 Å². The first-order valence-electron chi connectivity index (χ1n) is 20.7. The van der Waals surface area contributed by atoms with Gasteiger partial charge in [0.15, 0.2) is 30.6 Å². The fraction of sp³-hybridized carbons (Fsp3) is 0.857. The standard InChI is InChI=1S/C42H62O16/c1-37(2)21-8-11-42(7)31(20(43)16-18-19-17-39(4,36(53)54)13-12-38(19,3)14-15-41(18,42)6)40(21,5)10-9-22(37)55-35-30(26(47)25(46)29(57-35)33(51)52)58-34-27(48)23(44)24(45)28(56-34)32(49)50/h16,19,21-31,34-35,44-48H,8-15,17H2,1-7H3,(H,49,50)(H,51,52)(H,53,54)/t19-,21-,22-,23-,24-,25-,26-,27+,28-,29-,30+,31+,34-,35-,38?,39-,40-,41-,42+/m0/s1. The van der Waals surface area contributed by atoms with E-state index in [9.17, 15) is 60.0 Å². The maximum absolute atomic E-state index is 14.8. The van der Waals surface area contributed by atoms with Gasteiger partial charge in [-0.3, -0.25) is 9.59 Å². The molecule has 16 nitrogen and oxygen atoms in total. The molecule has 5 aliphatic carbocycles. The summed E-state index contributed by atoms with van der Waals surface area (Å²) < 4.78 is 23.4. The first-order chi connectivity index (χ1) is 26.8. The minimum Gasteiger partial charge on any atom is -0.481 e. The van der Waals surface area contributed by atoms with E-state index in [1.165, 1.54) is 0 Å². The summed E-state index contributed by atoms with van der Waals surface area (Å²) in [6.07, 6.45) is -12.2. The van der Waals surface area contributed by atoms with E-state index >= 15 is 0 Å². The highest BCUT2D eigenvalue weighted by atomic mass is 16.8. The van der Waals surface area contributed by atoms with Crippen LogP contribution < -0.4 is 0 Å². The van der Waals surface area contributed by atoms with E-state index in [0.29, 0.717) is 25.7 Å². The monoisotopic (exact) mass is 822 g/mol. The number of carbonyl (C=O) groups excluding carboxylic acids is 1. The molecule has 4 saturated carbocycles. The van der Waals surface area contributed by atoms with E-state index in [0.717, 1.165) is 37.7 Å². The maximum Gasteiger partial charge on any atom is 0.335 e. The molecule has 0 aromatic rings. The van der Waals surface area contributed by atoms with Crippen LogP contribution >= 0.6 is 0 Å². The van der Waals surface area contributed by atoms with Crippen LogP contribution in [0.2, 0.25) is 0 Å². The molecular formula is C42H62O16. The normalized spacial score (nSPS) is 52.6. The molecule has 58 heavy (non-hydrogen) atoms. The summed E-state index contributed by atoms with van der Waals surface area (Å²) in [4.78, 5) is 51.3. The molecule has 16 heteroatoms. The van der Waals surface area contributed by atoms with E-state index in [4.69, 9.17) is 18.9 Å².